The number of rotatable bonds is 7. The summed E-state index contributed by atoms with van der Waals surface area (Å²) in [5, 5.41) is 1.15. The lowest BCUT2D eigenvalue weighted by Crippen LogP contribution is -2.31. The molecule has 4 aromatic heterocycles. The molecule has 0 atom stereocenters. The lowest BCUT2D eigenvalue weighted by atomic mass is 9.78. The highest BCUT2D eigenvalue weighted by atomic mass is 32.2. The van der Waals surface area contributed by atoms with Crippen molar-refractivity contribution in [2.45, 2.75) is 82.8 Å². The van der Waals surface area contributed by atoms with Crippen molar-refractivity contribution < 1.29 is 8.42 Å². The van der Waals surface area contributed by atoms with Crippen molar-refractivity contribution in [2.24, 2.45) is 13.0 Å². The van der Waals surface area contributed by atoms with Crippen molar-refractivity contribution in [2.75, 3.05) is 6.26 Å². The smallest absolute Gasteiger partial charge is 0.152 e. The van der Waals surface area contributed by atoms with Gasteiger partial charge in [0, 0.05) is 53.8 Å². The van der Waals surface area contributed by atoms with E-state index >= 15 is 0 Å². The third kappa shape index (κ3) is 4.83. The van der Waals surface area contributed by atoms with Gasteiger partial charge in [0.05, 0.1) is 21.5 Å². The number of nitrogens with one attached hydrogen (secondary N) is 1. The summed E-state index contributed by atoms with van der Waals surface area (Å²) in [5.74, 6) is 1.39. The number of aryl methyl sites for hydroxylation is 1. The number of H-pyrrole nitrogens is 1. The van der Waals surface area contributed by atoms with Gasteiger partial charge in [-0.15, -0.1) is 0 Å². The Hall–Kier alpha value is -2.67. The van der Waals surface area contributed by atoms with Crippen LogP contribution in [0.1, 0.15) is 89.3 Å². The molecule has 4 heterocycles. The standard InChI is InChI=1S/C30H40N4O2S/c1-19(2)26-27(23-18-34(5)29-22(23)8-7-17-31-29)33-25-14-13-24(32-28(25)26)21-11-9-20(10-12-21)15-16-30(3,4)37(6,35)36/h7-8,13-14,17-21,33H,9-12,15-16H2,1-6H3. The Kier molecular flexibility index (Phi) is 6.71. The molecule has 0 radical (unpaired) electrons. The van der Waals surface area contributed by atoms with Crippen molar-refractivity contribution in [1.82, 2.24) is 19.5 Å². The fraction of sp³-hybridized carbons (Fsp3) is 0.533. The molecule has 0 aromatic carbocycles. The Morgan fingerprint density at radius 3 is 2.54 bits per heavy atom. The molecule has 1 fully saturated rings. The van der Waals surface area contributed by atoms with Crippen LogP contribution in [0.5, 0.6) is 0 Å². The molecule has 5 rings (SSSR count). The van der Waals surface area contributed by atoms with Crippen molar-refractivity contribution in [3.63, 3.8) is 0 Å². The van der Waals surface area contributed by atoms with Gasteiger partial charge in [-0.1, -0.05) is 13.8 Å². The van der Waals surface area contributed by atoms with Gasteiger partial charge in [-0.2, -0.15) is 0 Å². The zero-order valence-corrected chi connectivity index (χ0v) is 23.8. The number of hydrogen-bond donors (Lipinski definition) is 1. The average Bonchev–Trinajstić information content (AvgIpc) is 3.40. The minimum atomic E-state index is -3.04. The second-order valence-corrected chi connectivity index (χ2v) is 14.7. The largest absolute Gasteiger partial charge is 0.353 e. The SMILES string of the molecule is CC(C)c1c(-c2cn(C)c3ncccc23)[nH]c2ccc(C3CCC(CCC(C)(C)S(C)(=O)=O)CC3)nc12. The number of hydrogen-bond acceptors (Lipinski definition) is 4. The zero-order valence-electron chi connectivity index (χ0n) is 23.0. The Morgan fingerprint density at radius 2 is 1.86 bits per heavy atom. The Balaban J connectivity index is 1.39. The van der Waals surface area contributed by atoms with Crippen LogP contribution in [0.4, 0.5) is 0 Å². The first-order valence-electron chi connectivity index (χ1n) is 13.6. The Bertz CT molecular complexity index is 1540. The fourth-order valence-electron chi connectivity index (χ4n) is 6.00. The number of aromatic nitrogens is 4. The maximum absolute atomic E-state index is 12.1. The van der Waals surface area contributed by atoms with Gasteiger partial charge in [0.15, 0.2) is 9.84 Å². The summed E-state index contributed by atoms with van der Waals surface area (Å²) < 4.78 is 25.6. The van der Waals surface area contributed by atoms with E-state index in [1.807, 2.05) is 33.2 Å². The number of fused-ring (bicyclic) bond motifs is 2. The summed E-state index contributed by atoms with van der Waals surface area (Å²) in [4.78, 5) is 13.5. The molecule has 0 spiro atoms. The summed E-state index contributed by atoms with van der Waals surface area (Å²) in [6.45, 7) is 8.21. The van der Waals surface area contributed by atoms with Crippen LogP contribution in [0.3, 0.4) is 0 Å². The molecular weight excluding hydrogens is 480 g/mol. The molecule has 0 bridgehead atoms. The van der Waals surface area contributed by atoms with Crippen LogP contribution in [0.25, 0.3) is 33.3 Å². The summed E-state index contributed by atoms with van der Waals surface area (Å²) >= 11 is 0. The first-order chi connectivity index (χ1) is 17.5. The minimum absolute atomic E-state index is 0.326. The molecule has 1 aliphatic rings. The van der Waals surface area contributed by atoms with Crippen LogP contribution < -0.4 is 0 Å². The van der Waals surface area contributed by atoms with E-state index in [0.717, 1.165) is 66.3 Å². The Labute approximate surface area is 220 Å². The molecule has 0 amide bonds. The van der Waals surface area contributed by atoms with Crippen LogP contribution in [-0.4, -0.2) is 38.9 Å². The van der Waals surface area contributed by atoms with Crippen molar-refractivity contribution in [3.05, 3.63) is 47.9 Å². The van der Waals surface area contributed by atoms with E-state index in [9.17, 15) is 8.42 Å². The van der Waals surface area contributed by atoms with Gasteiger partial charge >= 0.3 is 0 Å². The lowest BCUT2D eigenvalue weighted by Gasteiger charge is -2.31. The molecule has 198 valence electrons. The molecular formula is C30H40N4O2S. The molecule has 0 unspecified atom stereocenters. The predicted octanol–water partition coefficient (Wildman–Crippen LogP) is 7.12. The first kappa shape index (κ1) is 26.0. The van der Waals surface area contributed by atoms with Crippen LogP contribution >= 0.6 is 0 Å². The molecule has 4 aromatic rings. The third-order valence-corrected chi connectivity index (χ3v) is 10.9. The van der Waals surface area contributed by atoms with E-state index in [1.54, 1.807) is 0 Å². The van der Waals surface area contributed by atoms with E-state index in [0.29, 0.717) is 17.8 Å². The lowest BCUT2D eigenvalue weighted by molar-refractivity contribution is 0.294. The Morgan fingerprint density at radius 1 is 1.14 bits per heavy atom. The predicted molar refractivity (Wildman–Crippen MR) is 153 cm³/mol. The van der Waals surface area contributed by atoms with E-state index in [4.69, 9.17) is 4.98 Å². The van der Waals surface area contributed by atoms with Crippen molar-refractivity contribution >= 4 is 31.9 Å². The van der Waals surface area contributed by atoms with Crippen molar-refractivity contribution in [1.29, 1.82) is 0 Å². The van der Waals surface area contributed by atoms with Crippen molar-refractivity contribution in [3.8, 4) is 11.3 Å². The second kappa shape index (κ2) is 9.57. The second-order valence-electron chi connectivity index (χ2n) is 12.0. The molecule has 0 saturated heterocycles. The van der Waals surface area contributed by atoms with Crippen LogP contribution in [0, 0.1) is 5.92 Å². The molecule has 1 N–H and O–H groups in total. The molecule has 37 heavy (non-hydrogen) atoms. The van der Waals surface area contributed by atoms with E-state index in [1.165, 1.54) is 23.1 Å². The summed E-state index contributed by atoms with van der Waals surface area (Å²) in [6.07, 6.45) is 11.6. The normalized spacial score (nSPS) is 19.3. The first-order valence-corrected chi connectivity index (χ1v) is 15.5. The molecule has 0 aliphatic heterocycles. The van der Waals surface area contributed by atoms with Gasteiger partial charge in [0.1, 0.15) is 5.65 Å². The highest BCUT2D eigenvalue weighted by molar-refractivity contribution is 7.92. The summed E-state index contributed by atoms with van der Waals surface area (Å²) in [6, 6.07) is 8.55. The maximum Gasteiger partial charge on any atom is 0.152 e. The molecule has 7 heteroatoms. The van der Waals surface area contributed by atoms with Gasteiger partial charge in [0.25, 0.3) is 0 Å². The average molecular weight is 521 g/mol. The quantitative estimate of drug-likeness (QED) is 0.281. The zero-order chi connectivity index (χ0) is 26.5. The van der Waals surface area contributed by atoms with Gasteiger partial charge < -0.3 is 9.55 Å². The monoisotopic (exact) mass is 520 g/mol. The van der Waals surface area contributed by atoms with E-state index in [-0.39, 0.29) is 0 Å². The third-order valence-electron chi connectivity index (χ3n) is 8.70. The number of aromatic amines is 1. The fourth-order valence-corrected chi connectivity index (χ4v) is 6.49. The van der Waals surface area contributed by atoms with Gasteiger partial charge in [0.2, 0.25) is 0 Å². The van der Waals surface area contributed by atoms with E-state index in [2.05, 4.69) is 52.8 Å². The van der Waals surface area contributed by atoms with Crippen LogP contribution in [0.15, 0.2) is 36.7 Å². The van der Waals surface area contributed by atoms with Gasteiger partial charge in [-0.25, -0.2) is 13.4 Å². The van der Waals surface area contributed by atoms with E-state index < -0.39 is 14.6 Å². The highest BCUT2D eigenvalue weighted by Crippen LogP contribution is 2.41. The molecule has 1 aliphatic carbocycles. The van der Waals surface area contributed by atoms with Crippen LogP contribution in [0.2, 0.25) is 0 Å². The minimum Gasteiger partial charge on any atom is -0.353 e. The number of pyridine rings is 2. The summed E-state index contributed by atoms with van der Waals surface area (Å²) in [5.41, 5.74) is 7.92. The maximum atomic E-state index is 12.1. The summed E-state index contributed by atoms with van der Waals surface area (Å²) in [7, 11) is -0.989. The van der Waals surface area contributed by atoms with Gasteiger partial charge in [-0.05, 0) is 88.5 Å². The number of nitrogens with zero attached hydrogens (tertiary/aromatic N) is 3. The van der Waals surface area contributed by atoms with Gasteiger partial charge in [-0.3, -0.25) is 4.98 Å². The number of sulfone groups is 1. The highest BCUT2D eigenvalue weighted by Gasteiger charge is 2.32. The molecule has 1 saturated carbocycles. The van der Waals surface area contributed by atoms with Crippen LogP contribution in [-0.2, 0) is 16.9 Å². The topological polar surface area (TPSA) is 80.6 Å². The molecule has 6 nitrogen and oxygen atoms in total.